The van der Waals surface area contributed by atoms with Crippen LogP contribution in [0.2, 0.25) is 0 Å². The lowest BCUT2D eigenvalue weighted by atomic mass is 9.79. The van der Waals surface area contributed by atoms with Crippen LogP contribution in [0.5, 0.6) is 0 Å². The van der Waals surface area contributed by atoms with Crippen molar-refractivity contribution in [3.05, 3.63) is 77.5 Å². The van der Waals surface area contributed by atoms with Crippen molar-refractivity contribution in [2.75, 3.05) is 0 Å². The van der Waals surface area contributed by atoms with Gasteiger partial charge in [-0.05, 0) is 34.9 Å². The zero-order chi connectivity index (χ0) is 16.0. The second kappa shape index (κ2) is 4.79. The maximum absolute atomic E-state index is 9.52. The zero-order valence-electron chi connectivity index (χ0n) is 13.2. The van der Waals surface area contributed by atoms with E-state index in [0.29, 0.717) is 0 Å². The Labute approximate surface area is 136 Å². The summed E-state index contributed by atoms with van der Waals surface area (Å²) in [6, 6.07) is 20.7. The van der Waals surface area contributed by atoms with Crippen LogP contribution >= 0.6 is 0 Å². The monoisotopic (exact) mass is 296 g/mol. The minimum atomic E-state index is -0.147. The minimum Gasteiger partial charge on any atom is -0.256 e. The molecule has 1 aliphatic carbocycles. The second-order valence-corrected chi connectivity index (χ2v) is 6.41. The van der Waals surface area contributed by atoms with Crippen LogP contribution in [0.1, 0.15) is 30.5 Å². The van der Waals surface area contributed by atoms with E-state index in [2.05, 4.69) is 49.2 Å². The molecule has 2 heteroatoms. The Hall–Kier alpha value is -2.92. The number of nitriles is 1. The van der Waals surface area contributed by atoms with Crippen LogP contribution in [0.15, 0.2) is 60.8 Å². The molecule has 3 aromatic rings. The second-order valence-electron chi connectivity index (χ2n) is 6.41. The van der Waals surface area contributed by atoms with Crippen LogP contribution in [0, 0.1) is 11.3 Å². The number of pyridine rings is 1. The number of hydrogen-bond acceptors (Lipinski definition) is 2. The van der Waals surface area contributed by atoms with Gasteiger partial charge in [0.2, 0.25) is 0 Å². The summed E-state index contributed by atoms with van der Waals surface area (Å²) in [5.74, 6) is 0. The van der Waals surface area contributed by atoms with E-state index in [1.807, 2.05) is 36.5 Å². The van der Waals surface area contributed by atoms with Crippen LogP contribution in [-0.4, -0.2) is 4.98 Å². The summed E-state index contributed by atoms with van der Waals surface area (Å²) in [7, 11) is 0. The van der Waals surface area contributed by atoms with Gasteiger partial charge in [-0.3, -0.25) is 4.98 Å². The van der Waals surface area contributed by atoms with Gasteiger partial charge in [-0.25, -0.2) is 0 Å². The molecule has 0 saturated heterocycles. The van der Waals surface area contributed by atoms with Crippen molar-refractivity contribution >= 4 is 0 Å². The zero-order valence-corrected chi connectivity index (χ0v) is 13.2. The highest BCUT2D eigenvalue weighted by molar-refractivity contribution is 5.90. The molecule has 2 aromatic carbocycles. The Bertz CT molecular complexity index is 947. The maximum atomic E-state index is 9.52. The topological polar surface area (TPSA) is 36.7 Å². The molecule has 0 aliphatic heterocycles. The van der Waals surface area contributed by atoms with Crippen LogP contribution in [0.4, 0.5) is 0 Å². The number of benzene rings is 2. The van der Waals surface area contributed by atoms with E-state index in [1.54, 1.807) is 0 Å². The summed E-state index contributed by atoms with van der Waals surface area (Å²) < 4.78 is 0. The molecular formula is C21H16N2. The Kier molecular flexibility index (Phi) is 2.86. The van der Waals surface area contributed by atoms with E-state index >= 15 is 0 Å². The molecule has 1 aromatic heterocycles. The molecule has 1 heterocycles. The molecular weight excluding hydrogens is 280 g/mol. The quantitative estimate of drug-likeness (QED) is 0.638. The Morgan fingerprint density at radius 3 is 2.43 bits per heavy atom. The maximum Gasteiger partial charge on any atom is 0.0998 e. The summed E-state index contributed by atoms with van der Waals surface area (Å²) in [4.78, 5) is 4.53. The summed E-state index contributed by atoms with van der Waals surface area (Å²) in [5.41, 5.74) is 7.43. The van der Waals surface area contributed by atoms with Gasteiger partial charge in [0, 0.05) is 22.7 Å². The molecule has 0 radical (unpaired) electrons. The predicted molar refractivity (Wildman–Crippen MR) is 92.0 cm³/mol. The molecule has 0 unspecified atom stereocenters. The normalized spacial score (nSPS) is 14.0. The van der Waals surface area contributed by atoms with E-state index < -0.39 is 0 Å². The first-order chi connectivity index (χ1) is 11.1. The molecule has 0 N–H and O–H groups in total. The molecule has 4 rings (SSSR count). The van der Waals surface area contributed by atoms with E-state index in [0.717, 1.165) is 27.9 Å². The van der Waals surface area contributed by atoms with Crippen molar-refractivity contribution in [3.63, 3.8) is 0 Å². The van der Waals surface area contributed by atoms with Crippen LogP contribution in [0.3, 0.4) is 0 Å². The van der Waals surface area contributed by atoms with Crippen molar-refractivity contribution in [1.29, 1.82) is 5.26 Å². The van der Waals surface area contributed by atoms with Gasteiger partial charge in [-0.1, -0.05) is 50.2 Å². The summed E-state index contributed by atoms with van der Waals surface area (Å²) in [6.45, 7) is 4.45. The molecule has 0 bridgehead atoms. The van der Waals surface area contributed by atoms with Gasteiger partial charge in [0.25, 0.3) is 0 Å². The van der Waals surface area contributed by atoms with Gasteiger partial charge in [0.1, 0.15) is 0 Å². The fraction of sp³-hybridized carbons (Fsp3) is 0.143. The Morgan fingerprint density at radius 1 is 0.913 bits per heavy atom. The molecule has 0 saturated carbocycles. The first-order valence-corrected chi connectivity index (χ1v) is 7.73. The lowest BCUT2D eigenvalue weighted by Crippen LogP contribution is -2.16. The average Bonchev–Trinajstić information content (AvgIpc) is 2.84. The molecule has 0 atom stereocenters. The van der Waals surface area contributed by atoms with E-state index in [1.165, 1.54) is 11.1 Å². The largest absolute Gasteiger partial charge is 0.256 e. The Morgan fingerprint density at radius 2 is 1.70 bits per heavy atom. The van der Waals surface area contributed by atoms with Gasteiger partial charge in [0.05, 0.1) is 17.3 Å². The third kappa shape index (κ3) is 1.83. The predicted octanol–water partition coefficient (Wildman–Crippen LogP) is 4.93. The van der Waals surface area contributed by atoms with Gasteiger partial charge < -0.3 is 0 Å². The molecule has 0 spiro atoms. The number of nitrogens with zero attached hydrogens (tertiary/aromatic N) is 2. The molecule has 1 aliphatic rings. The molecule has 0 fully saturated rings. The summed E-state index contributed by atoms with van der Waals surface area (Å²) in [5, 5.41) is 9.52. The fourth-order valence-corrected chi connectivity index (χ4v) is 3.76. The smallest absolute Gasteiger partial charge is 0.0998 e. The van der Waals surface area contributed by atoms with Crippen molar-refractivity contribution in [2.24, 2.45) is 0 Å². The highest BCUT2D eigenvalue weighted by atomic mass is 14.7. The third-order valence-electron chi connectivity index (χ3n) is 4.76. The molecule has 2 nitrogen and oxygen atoms in total. The van der Waals surface area contributed by atoms with Crippen LogP contribution in [0.25, 0.3) is 22.4 Å². The van der Waals surface area contributed by atoms with Crippen molar-refractivity contribution in [1.82, 2.24) is 4.98 Å². The molecule has 0 amide bonds. The molecule has 110 valence electrons. The SMILES string of the molecule is CC1(C)c2cccc(C#N)c2-c2cccc(-c3ccccn3)c21. The van der Waals surface area contributed by atoms with Gasteiger partial charge in [-0.2, -0.15) is 5.26 Å². The average molecular weight is 296 g/mol. The van der Waals surface area contributed by atoms with Crippen LogP contribution < -0.4 is 0 Å². The van der Waals surface area contributed by atoms with Gasteiger partial charge >= 0.3 is 0 Å². The van der Waals surface area contributed by atoms with E-state index in [-0.39, 0.29) is 5.41 Å². The standard InChI is InChI=1S/C21H16N2/c1-21(2)17-10-5-7-14(13-22)19(17)16-9-6-8-15(20(16)21)18-11-3-4-12-23-18/h3-12H,1-2H3. The van der Waals surface area contributed by atoms with E-state index in [9.17, 15) is 5.26 Å². The third-order valence-corrected chi connectivity index (χ3v) is 4.76. The van der Waals surface area contributed by atoms with Crippen molar-refractivity contribution < 1.29 is 0 Å². The van der Waals surface area contributed by atoms with Gasteiger partial charge in [0.15, 0.2) is 0 Å². The van der Waals surface area contributed by atoms with Crippen LogP contribution in [-0.2, 0) is 5.41 Å². The lowest BCUT2D eigenvalue weighted by Gasteiger charge is -2.24. The van der Waals surface area contributed by atoms with E-state index in [4.69, 9.17) is 0 Å². The highest BCUT2D eigenvalue weighted by Gasteiger charge is 2.38. The molecule has 23 heavy (non-hydrogen) atoms. The van der Waals surface area contributed by atoms with Gasteiger partial charge in [-0.15, -0.1) is 0 Å². The first-order valence-electron chi connectivity index (χ1n) is 7.73. The Balaban J connectivity index is 2.09. The number of fused-ring (bicyclic) bond motifs is 3. The fourth-order valence-electron chi connectivity index (χ4n) is 3.76. The summed E-state index contributed by atoms with van der Waals surface area (Å²) in [6.07, 6.45) is 1.82. The minimum absolute atomic E-state index is 0.147. The lowest BCUT2D eigenvalue weighted by molar-refractivity contribution is 0.661. The van der Waals surface area contributed by atoms with Crippen molar-refractivity contribution in [3.8, 4) is 28.5 Å². The number of aromatic nitrogens is 1. The summed E-state index contributed by atoms with van der Waals surface area (Å²) >= 11 is 0. The van der Waals surface area contributed by atoms with Crippen molar-refractivity contribution in [2.45, 2.75) is 19.3 Å². The highest BCUT2D eigenvalue weighted by Crippen LogP contribution is 2.52. The number of hydrogen-bond donors (Lipinski definition) is 0. The number of rotatable bonds is 1. The first kappa shape index (κ1) is 13.7.